The van der Waals surface area contributed by atoms with Gasteiger partial charge < -0.3 is 4.74 Å². The highest BCUT2D eigenvalue weighted by Crippen LogP contribution is 2.17. The van der Waals surface area contributed by atoms with Gasteiger partial charge in [0.1, 0.15) is 6.54 Å². The number of esters is 1. The Kier molecular flexibility index (Phi) is 4.97. The Balaban J connectivity index is 2.56. The molecule has 0 aliphatic carbocycles. The van der Waals surface area contributed by atoms with Crippen LogP contribution in [0.25, 0.3) is 0 Å². The maximum absolute atomic E-state index is 11.1. The molecule has 6 nitrogen and oxygen atoms in total. The fourth-order valence-electron chi connectivity index (χ4n) is 0.855. The zero-order valence-electron chi connectivity index (χ0n) is 9.34. The summed E-state index contributed by atoms with van der Waals surface area (Å²) in [5, 5.41) is 11.7. The Hall–Kier alpha value is -1.37. The highest BCUT2D eigenvalue weighted by molar-refractivity contribution is 7.99. The SMILES string of the molecule is C=C(CC)CSc1nnnn1CC(=O)OC. The second-order valence-electron chi connectivity index (χ2n) is 3.09. The largest absolute Gasteiger partial charge is 0.468 e. The van der Waals surface area contributed by atoms with Crippen molar-refractivity contribution in [2.45, 2.75) is 25.0 Å². The zero-order valence-corrected chi connectivity index (χ0v) is 10.2. The lowest BCUT2D eigenvalue weighted by atomic mass is 10.3. The molecule has 0 amide bonds. The summed E-state index contributed by atoms with van der Waals surface area (Å²) in [6.45, 7) is 5.96. The van der Waals surface area contributed by atoms with Gasteiger partial charge in [-0.2, -0.15) is 0 Å². The molecule has 7 heteroatoms. The molecule has 0 saturated heterocycles. The van der Waals surface area contributed by atoms with Crippen molar-refractivity contribution in [1.29, 1.82) is 0 Å². The monoisotopic (exact) mass is 242 g/mol. The molecule has 1 heterocycles. The first-order valence-electron chi connectivity index (χ1n) is 4.79. The molecule has 0 bridgehead atoms. The van der Waals surface area contributed by atoms with Gasteiger partial charge in [-0.25, -0.2) is 4.68 Å². The number of ether oxygens (including phenoxy) is 1. The molecule has 0 aromatic carbocycles. The van der Waals surface area contributed by atoms with Gasteiger partial charge >= 0.3 is 5.97 Å². The smallest absolute Gasteiger partial charge is 0.327 e. The van der Waals surface area contributed by atoms with E-state index in [2.05, 4.69) is 26.8 Å². The van der Waals surface area contributed by atoms with Crippen molar-refractivity contribution in [2.24, 2.45) is 0 Å². The van der Waals surface area contributed by atoms with E-state index in [9.17, 15) is 4.79 Å². The number of tetrazole rings is 1. The summed E-state index contributed by atoms with van der Waals surface area (Å²) in [6.07, 6.45) is 0.922. The molecule has 0 aliphatic heterocycles. The van der Waals surface area contributed by atoms with Crippen molar-refractivity contribution in [3.05, 3.63) is 12.2 Å². The number of hydrogen-bond donors (Lipinski definition) is 0. The lowest BCUT2D eigenvalue weighted by Gasteiger charge is -2.03. The van der Waals surface area contributed by atoms with Crippen LogP contribution in [0.3, 0.4) is 0 Å². The second-order valence-corrected chi connectivity index (χ2v) is 4.03. The van der Waals surface area contributed by atoms with E-state index < -0.39 is 0 Å². The van der Waals surface area contributed by atoms with Gasteiger partial charge in [-0.1, -0.05) is 30.8 Å². The van der Waals surface area contributed by atoms with Gasteiger partial charge in [0.05, 0.1) is 7.11 Å². The van der Waals surface area contributed by atoms with Gasteiger partial charge in [0.2, 0.25) is 5.16 Å². The van der Waals surface area contributed by atoms with E-state index in [-0.39, 0.29) is 12.5 Å². The molecule has 0 spiro atoms. The van der Waals surface area contributed by atoms with Crippen LogP contribution in [0, 0.1) is 0 Å². The Bertz CT molecular complexity index is 377. The van der Waals surface area contributed by atoms with Crippen molar-refractivity contribution in [3.8, 4) is 0 Å². The minimum Gasteiger partial charge on any atom is -0.468 e. The number of aromatic nitrogens is 4. The van der Waals surface area contributed by atoms with Crippen LogP contribution in [0.2, 0.25) is 0 Å². The Morgan fingerprint density at radius 2 is 2.38 bits per heavy atom. The van der Waals surface area contributed by atoms with Crippen molar-refractivity contribution in [2.75, 3.05) is 12.9 Å². The van der Waals surface area contributed by atoms with Crippen molar-refractivity contribution in [3.63, 3.8) is 0 Å². The number of rotatable bonds is 6. The van der Waals surface area contributed by atoms with E-state index in [0.717, 1.165) is 17.7 Å². The average molecular weight is 242 g/mol. The minimum absolute atomic E-state index is 0.0322. The summed E-state index contributed by atoms with van der Waals surface area (Å²) in [5.41, 5.74) is 1.11. The van der Waals surface area contributed by atoms with Crippen LogP contribution >= 0.6 is 11.8 Å². The van der Waals surface area contributed by atoms with Crippen LogP contribution < -0.4 is 0 Å². The van der Waals surface area contributed by atoms with Crippen LogP contribution in [0.1, 0.15) is 13.3 Å². The fourth-order valence-corrected chi connectivity index (χ4v) is 1.74. The third kappa shape index (κ3) is 3.65. The molecule has 0 unspecified atom stereocenters. The number of carbonyl (C=O) groups excluding carboxylic acids is 1. The molecular weight excluding hydrogens is 228 g/mol. The van der Waals surface area contributed by atoms with E-state index in [1.165, 1.54) is 23.6 Å². The fraction of sp³-hybridized carbons (Fsp3) is 0.556. The number of nitrogens with zero attached hydrogens (tertiary/aromatic N) is 4. The zero-order chi connectivity index (χ0) is 12.0. The predicted octanol–water partition coefficient (Wildman–Crippen LogP) is 0.904. The average Bonchev–Trinajstić information content (AvgIpc) is 2.73. The van der Waals surface area contributed by atoms with Crippen LogP contribution in [-0.4, -0.2) is 39.0 Å². The molecule has 0 fully saturated rings. The van der Waals surface area contributed by atoms with Crippen LogP contribution in [0.5, 0.6) is 0 Å². The third-order valence-electron chi connectivity index (χ3n) is 1.91. The lowest BCUT2D eigenvalue weighted by Crippen LogP contribution is -2.13. The molecular formula is C9H14N4O2S. The summed E-state index contributed by atoms with van der Waals surface area (Å²) in [5.74, 6) is 0.376. The molecule has 16 heavy (non-hydrogen) atoms. The number of thioether (sulfide) groups is 1. The van der Waals surface area contributed by atoms with E-state index in [0.29, 0.717) is 5.16 Å². The standard InChI is InChI=1S/C9H14N4O2S/c1-4-7(2)6-16-9-10-11-12-13(9)5-8(14)15-3/h2,4-6H2,1,3H3. The molecule has 88 valence electrons. The third-order valence-corrected chi connectivity index (χ3v) is 3.01. The van der Waals surface area contributed by atoms with E-state index >= 15 is 0 Å². The van der Waals surface area contributed by atoms with Gasteiger partial charge in [-0.15, -0.1) is 5.10 Å². The second kappa shape index (κ2) is 6.26. The molecule has 0 aliphatic rings. The quantitative estimate of drug-likeness (QED) is 0.419. The number of methoxy groups -OCH3 is 1. The number of hydrogen-bond acceptors (Lipinski definition) is 6. The van der Waals surface area contributed by atoms with Gasteiger partial charge in [0.15, 0.2) is 0 Å². The maximum Gasteiger partial charge on any atom is 0.327 e. The Morgan fingerprint density at radius 1 is 1.62 bits per heavy atom. The molecule has 0 N–H and O–H groups in total. The highest BCUT2D eigenvalue weighted by Gasteiger charge is 2.10. The highest BCUT2D eigenvalue weighted by atomic mass is 32.2. The molecule has 0 atom stereocenters. The van der Waals surface area contributed by atoms with Crippen molar-refractivity contribution >= 4 is 17.7 Å². The summed E-state index contributed by atoms with van der Waals surface area (Å²) in [7, 11) is 1.33. The maximum atomic E-state index is 11.1. The summed E-state index contributed by atoms with van der Waals surface area (Å²) >= 11 is 1.46. The molecule has 1 aromatic heterocycles. The van der Waals surface area contributed by atoms with Gasteiger partial charge in [0.25, 0.3) is 0 Å². The molecule has 0 saturated carbocycles. The minimum atomic E-state index is -0.372. The first-order valence-corrected chi connectivity index (χ1v) is 5.78. The lowest BCUT2D eigenvalue weighted by molar-refractivity contribution is -0.141. The van der Waals surface area contributed by atoms with Crippen LogP contribution in [0.4, 0.5) is 0 Å². The van der Waals surface area contributed by atoms with E-state index in [1.807, 2.05) is 6.92 Å². The first kappa shape index (κ1) is 12.7. The van der Waals surface area contributed by atoms with Gasteiger partial charge in [-0.05, 0) is 16.8 Å². The van der Waals surface area contributed by atoms with Crippen LogP contribution in [-0.2, 0) is 16.1 Å². The molecule has 1 rings (SSSR count). The first-order chi connectivity index (χ1) is 7.67. The summed E-state index contributed by atoms with van der Waals surface area (Å²) < 4.78 is 5.96. The van der Waals surface area contributed by atoms with Crippen molar-refractivity contribution in [1.82, 2.24) is 20.2 Å². The van der Waals surface area contributed by atoms with E-state index in [1.54, 1.807) is 0 Å². The molecule has 0 radical (unpaired) electrons. The van der Waals surface area contributed by atoms with Gasteiger partial charge in [0, 0.05) is 5.75 Å². The molecule has 1 aromatic rings. The normalized spacial score (nSPS) is 10.1. The summed E-state index contributed by atoms with van der Waals surface area (Å²) in [6, 6.07) is 0. The van der Waals surface area contributed by atoms with Crippen molar-refractivity contribution < 1.29 is 9.53 Å². The predicted molar refractivity (Wildman–Crippen MR) is 60.0 cm³/mol. The van der Waals surface area contributed by atoms with E-state index in [4.69, 9.17) is 0 Å². The van der Waals surface area contributed by atoms with Gasteiger partial charge in [-0.3, -0.25) is 4.79 Å². The number of carbonyl (C=O) groups is 1. The topological polar surface area (TPSA) is 69.9 Å². The van der Waals surface area contributed by atoms with Crippen LogP contribution in [0.15, 0.2) is 17.3 Å². The Morgan fingerprint density at radius 3 is 3.00 bits per heavy atom. The summed E-state index contributed by atoms with van der Waals surface area (Å²) in [4.78, 5) is 11.1. The Labute approximate surface area is 98.0 Å².